The van der Waals surface area contributed by atoms with E-state index >= 15 is 0 Å². The minimum atomic E-state index is -0.588. The zero-order valence-electron chi connectivity index (χ0n) is 10.2. The molecule has 100 valence electrons. The second-order valence-corrected chi connectivity index (χ2v) is 4.01. The van der Waals surface area contributed by atoms with Crippen LogP contribution in [0.25, 0.3) is 0 Å². The molecule has 0 bridgehead atoms. The molecule has 0 fully saturated rings. The van der Waals surface area contributed by atoms with Gasteiger partial charge in [-0.05, 0) is 24.6 Å². The molecule has 2 rings (SSSR count). The number of aryl methyl sites for hydroxylation is 1. The Kier molecular flexibility index (Phi) is 4.07. The minimum absolute atomic E-state index is 0.0303. The van der Waals surface area contributed by atoms with Gasteiger partial charge in [-0.1, -0.05) is 5.21 Å². The van der Waals surface area contributed by atoms with E-state index in [1.54, 1.807) is 17.1 Å². The number of nitrogen functional groups attached to an aromatic ring is 1. The van der Waals surface area contributed by atoms with E-state index in [4.69, 9.17) is 5.73 Å². The Morgan fingerprint density at radius 1 is 1.47 bits per heavy atom. The highest BCUT2D eigenvalue weighted by Gasteiger charge is 2.07. The van der Waals surface area contributed by atoms with Gasteiger partial charge in [0.25, 0.3) is 5.91 Å². The molecule has 0 unspecified atom stereocenters. The Morgan fingerprint density at radius 3 is 3.00 bits per heavy atom. The first-order chi connectivity index (χ1) is 9.16. The summed E-state index contributed by atoms with van der Waals surface area (Å²) in [6, 6.07) is 3.99. The highest BCUT2D eigenvalue weighted by molar-refractivity contribution is 5.94. The summed E-state index contributed by atoms with van der Waals surface area (Å²) in [6.07, 6.45) is 4.06. The van der Waals surface area contributed by atoms with Gasteiger partial charge < -0.3 is 11.1 Å². The van der Waals surface area contributed by atoms with Crippen LogP contribution in [0.3, 0.4) is 0 Å². The van der Waals surface area contributed by atoms with Crippen LogP contribution in [-0.4, -0.2) is 27.4 Å². The molecule has 0 aliphatic carbocycles. The van der Waals surface area contributed by atoms with Crippen molar-refractivity contribution < 1.29 is 9.18 Å². The summed E-state index contributed by atoms with van der Waals surface area (Å²) in [5, 5.41) is 10.2. The standard InChI is InChI=1S/C12H14FN5O/c13-10-8-9(2-3-11(10)14)12(19)15-4-1-6-18-7-5-16-17-18/h2-3,5,7-8H,1,4,6,14H2,(H,15,19). The van der Waals surface area contributed by atoms with Crippen molar-refractivity contribution in [3.05, 3.63) is 42.0 Å². The summed E-state index contributed by atoms with van der Waals surface area (Å²) >= 11 is 0. The molecule has 1 aromatic heterocycles. The maximum absolute atomic E-state index is 13.2. The topological polar surface area (TPSA) is 85.8 Å². The van der Waals surface area contributed by atoms with Crippen LogP contribution in [0.15, 0.2) is 30.6 Å². The SMILES string of the molecule is Nc1ccc(C(=O)NCCCn2ccnn2)cc1F. The third kappa shape index (κ3) is 3.51. The predicted octanol–water partition coefficient (Wildman–Crippen LogP) is 0.819. The number of nitrogens with zero attached hydrogens (tertiary/aromatic N) is 3. The molecule has 0 saturated heterocycles. The van der Waals surface area contributed by atoms with Gasteiger partial charge in [-0.15, -0.1) is 5.10 Å². The second-order valence-electron chi connectivity index (χ2n) is 4.01. The van der Waals surface area contributed by atoms with Crippen molar-refractivity contribution in [1.82, 2.24) is 20.3 Å². The van der Waals surface area contributed by atoms with Crippen LogP contribution >= 0.6 is 0 Å². The number of anilines is 1. The molecule has 7 heteroatoms. The van der Waals surface area contributed by atoms with E-state index in [0.717, 1.165) is 6.07 Å². The predicted molar refractivity (Wildman–Crippen MR) is 67.8 cm³/mol. The van der Waals surface area contributed by atoms with Gasteiger partial charge >= 0.3 is 0 Å². The summed E-state index contributed by atoms with van der Waals surface area (Å²) < 4.78 is 14.9. The van der Waals surface area contributed by atoms with Crippen LogP contribution in [0.2, 0.25) is 0 Å². The largest absolute Gasteiger partial charge is 0.396 e. The fourth-order valence-corrected chi connectivity index (χ4v) is 1.57. The summed E-state index contributed by atoms with van der Waals surface area (Å²) in [4.78, 5) is 11.7. The fraction of sp³-hybridized carbons (Fsp3) is 0.250. The van der Waals surface area contributed by atoms with E-state index in [2.05, 4.69) is 15.6 Å². The van der Waals surface area contributed by atoms with Crippen molar-refractivity contribution in [2.45, 2.75) is 13.0 Å². The van der Waals surface area contributed by atoms with Crippen LogP contribution in [-0.2, 0) is 6.54 Å². The first kappa shape index (κ1) is 13.0. The highest BCUT2D eigenvalue weighted by atomic mass is 19.1. The van der Waals surface area contributed by atoms with Crippen LogP contribution < -0.4 is 11.1 Å². The number of carbonyl (C=O) groups excluding carboxylic acids is 1. The van der Waals surface area contributed by atoms with Crippen molar-refractivity contribution >= 4 is 11.6 Å². The fourth-order valence-electron chi connectivity index (χ4n) is 1.57. The van der Waals surface area contributed by atoms with Crippen molar-refractivity contribution in [3.63, 3.8) is 0 Å². The lowest BCUT2D eigenvalue weighted by Crippen LogP contribution is -2.25. The van der Waals surface area contributed by atoms with Gasteiger partial charge in [0.05, 0.1) is 11.9 Å². The molecule has 1 heterocycles. The van der Waals surface area contributed by atoms with Crippen LogP contribution in [0.5, 0.6) is 0 Å². The van der Waals surface area contributed by atoms with Crippen molar-refractivity contribution in [2.75, 3.05) is 12.3 Å². The molecule has 19 heavy (non-hydrogen) atoms. The summed E-state index contributed by atoms with van der Waals surface area (Å²) in [7, 11) is 0. The molecule has 0 spiro atoms. The zero-order valence-corrected chi connectivity index (χ0v) is 10.2. The van der Waals surface area contributed by atoms with Gasteiger partial charge in [-0.3, -0.25) is 9.48 Å². The van der Waals surface area contributed by atoms with Crippen molar-refractivity contribution in [1.29, 1.82) is 0 Å². The number of carbonyl (C=O) groups is 1. The average molecular weight is 263 g/mol. The van der Waals surface area contributed by atoms with Crippen LogP contribution in [0.1, 0.15) is 16.8 Å². The highest BCUT2D eigenvalue weighted by Crippen LogP contribution is 2.11. The molecule has 1 amide bonds. The molecule has 0 aliphatic heterocycles. The Hall–Kier alpha value is -2.44. The van der Waals surface area contributed by atoms with Gasteiger partial charge in [0.15, 0.2) is 0 Å². The third-order valence-corrected chi connectivity index (χ3v) is 2.58. The van der Waals surface area contributed by atoms with Crippen LogP contribution in [0, 0.1) is 5.82 Å². The molecular formula is C12H14FN5O. The van der Waals surface area contributed by atoms with Gasteiger partial charge in [-0.25, -0.2) is 4.39 Å². The number of nitrogens with two attached hydrogens (primary N) is 1. The zero-order chi connectivity index (χ0) is 13.7. The van der Waals surface area contributed by atoms with E-state index in [-0.39, 0.29) is 17.2 Å². The first-order valence-electron chi connectivity index (χ1n) is 5.84. The van der Waals surface area contributed by atoms with E-state index < -0.39 is 5.82 Å². The van der Waals surface area contributed by atoms with Gasteiger partial charge in [0, 0.05) is 24.8 Å². The normalized spacial score (nSPS) is 10.4. The average Bonchev–Trinajstić information content (AvgIpc) is 2.91. The third-order valence-electron chi connectivity index (χ3n) is 2.58. The number of nitrogens with one attached hydrogen (secondary N) is 1. The Morgan fingerprint density at radius 2 is 2.32 bits per heavy atom. The molecule has 6 nitrogen and oxygen atoms in total. The maximum atomic E-state index is 13.2. The molecule has 0 atom stereocenters. The molecular weight excluding hydrogens is 249 g/mol. The van der Waals surface area contributed by atoms with Gasteiger partial charge in [0.2, 0.25) is 0 Å². The summed E-state index contributed by atoms with van der Waals surface area (Å²) in [6.45, 7) is 1.14. The molecule has 0 aliphatic rings. The smallest absolute Gasteiger partial charge is 0.251 e. The summed E-state index contributed by atoms with van der Waals surface area (Å²) in [5.74, 6) is -0.909. The maximum Gasteiger partial charge on any atom is 0.251 e. The Bertz CT molecular complexity index is 555. The van der Waals surface area contributed by atoms with Gasteiger partial charge in [0.1, 0.15) is 5.82 Å². The van der Waals surface area contributed by atoms with Crippen molar-refractivity contribution in [3.8, 4) is 0 Å². The Labute approximate surface area is 109 Å². The monoisotopic (exact) mass is 263 g/mol. The number of aromatic nitrogens is 3. The number of amides is 1. The number of rotatable bonds is 5. The van der Waals surface area contributed by atoms with E-state index in [1.807, 2.05) is 0 Å². The van der Waals surface area contributed by atoms with E-state index in [9.17, 15) is 9.18 Å². The second kappa shape index (κ2) is 5.94. The van der Waals surface area contributed by atoms with Gasteiger partial charge in [-0.2, -0.15) is 0 Å². The Balaban J connectivity index is 1.79. The van der Waals surface area contributed by atoms with E-state index in [1.165, 1.54) is 12.1 Å². The quantitative estimate of drug-likeness (QED) is 0.617. The summed E-state index contributed by atoms with van der Waals surface area (Å²) in [5.41, 5.74) is 5.63. The molecule has 0 radical (unpaired) electrons. The van der Waals surface area contributed by atoms with E-state index in [0.29, 0.717) is 19.5 Å². The number of benzene rings is 1. The lowest BCUT2D eigenvalue weighted by atomic mass is 10.2. The lowest BCUT2D eigenvalue weighted by Gasteiger charge is -2.06. The molecule has 1 aromatic carbocycles. The van der Waals surface area contributed by atoms with Crippen LogP contribution in [0.4, 0.5) is 10.1 Å². The molecule has 0 saturated carbocycles. The number of hydrogen-bond donors (Lipinski definition) is 2. The molecule has 2 aromatic rings. The first-order valence-corrected chi connectivity index (χ1v) is 5.84. The van der Waals surface area contributed by atoms with Crippen molar-refractivity contribution in [2.24, 2.45) is 0 Å². The molecule has 3 N–H and O–H groups in total. The number of hydrogen-bond acceptors (Lipinski definition) is 4. The lowest BCUT2D eigenvalue weighted by molar-refractivity contribution is 0.0952. The number of halogens is 1. The minimum Gasteiger partial charge on any atom is -0.396 e.